The van der Waals surface area contributed by atoms with Gasteiger partial charge in [-0.05, 0) is 0 Å². The molecule has 0 amide bonds. The van der Waals surface area contributed by atoms with Gasteiger partial charge in [0.1, 0.15) is 6.54 Å². The Labute approximate surface area is 115 Å². The summed E-state index contributed by atoms with van der Waals surface area (Å²) in [5, 5.41) is 11.5. The van der Waals surface area contributed by atoms with Crippen LogP contribution >= 0.6 is 11.3 Å². The molecule has 0 spiro atoms. The number of hydrogen-bond donors (Lipinski definition) is 1. The van der Waals surface area contributed by atoms with Gasteiger partial charge in [-0.25, -0.2) is 4.98 Å². The van der Waals surface area contributed by atoms with E-state index < -0.39 is 5.97 Å². The van der Waals surface area contributed by atoms with Gasteiger partial charge in [0.15, 0.2) is 5.13 Å². The van der Waals surface area contributed by atoms with Crippen molar-refractivity contribution in [1.82, 2.24) is 4.98 Å². The second-order valence-corrected chi connectivity index (χ2v) is 4.78. The first-order valence-electron chi connectivity index (χ1n) is 5.79. The molecule has 19 heavy (non-hydrogen) atoms. The zero-order valence-electron chi connectivity index (χ0n) is 10.3. The fourth-order valence-electron chi connectivity index (χ4n) is 1.68. The average molecular weight is 274 g/mol. The highest BCUT2D eigenvalue weighted by Crippen LogP contribution is 2.27. The van der Waals surface area contributed by atoms with Gasteiger partial charge >= 0.3 is 5.97 Å². The number of carbonyl (C=O) groups is 1. The van der Waals surface area contributed by atoms with E-state index in [1.54, 1.807) is 11.0 Å². The van der Waals surface area contributed by atoms with E-state index in [1.807, 2.05) is 35.7 Å². The molecule has 0 aliphatic rings. The summed E-state index contributed by atoms with van der Waals surface area (Å²) in [6.07, 6.45) is 1.67. The molecule has 1 aromatic carbocycles. The predicted molar refractivity (Wildman–Crippen MR) is 77.6 cm³/mol. The molecule has 0 fully saturated rings. The number of benzene rings is 1. The maximum atomic E-state index is 10.8. The van der Waals surface area contributed by atoms with E-state index in [0.29, 0.717) is 11.7 Å². The van der Waals surface area contributed by atoms with Crippen LogP contribution in [0.5, 0.6) is 0 Å². The van der Waals surface area contributed by atoms with Crippen LogP contribution in [0.4, 0.5) is 5.13 Å². The average Bonchev–Trinajstić information content (AvgIpc) is 2.88. The SMILES string of the molecule is C=CCN(CC(=O)O)c1nc(-c2ccccc2)cs1. The zero-order valence-corrected chi connectivity index (χ0v) is 11.1. The van der Waals surface area contributed by atoms with Crippen molar-refractivity contribution in [1.29, 1.82) is 0 Å². The Hall–Kier alpha value is -2.14. The van der Waals surface area contributed by atoms with Crippen molar-refractivity contribution in [2.45, 2.75) is 0 Å². The number of rotatable bonds is 6. The van der Waals surface area contributed by atoms with Crippen LogP contribution in [-0.2, 0) is 4.79 Å². The largest absolute Gasteiger partial charge is 0.480 e. The molecule has 1 N–H and O–H groups in total. The number of hydrogen-bond acceptors (Lipinski definition) is 4. The van der Waals surface area contributed by atoms with E-state index in [1.165, 1.54) is 11.3 Å². The summed E-state index contributed by atoms with van der Waals surface area (Å²) < 4.78 is 0. The number of carboxylic acids is 1. The number of aliphatic carboxylic acids is 1. The maximum absolute atomic E-state index is 10.8. The lowest BCUT2D eigenvalue weighted by Crippen LogP contribution is -2.29. The summed E-state index contributed by atoms with van der Waals surface area (Å²) in [7, 11) is 0. The second-order valence-electron chi connectivity index (χ2n) is 3.94. The number of thiazole rings is 1. The van der Waals surface area contributed by atoms with Gasteiger partial charge in [0.25, 0.3) is 0 Å². The highest BCUT2D eigenvalue weighted by atomic mass is 32.1. The molecular formula is C14H14N2O2S. The summed E-state index contributed by atoms with van der Waals surface area (Å²) in [4.78, 5) is 17.0. The first-order valence-corrected chi connectivity index (χ1v) is 6.67. The van der Waals surface area contributed by atoms with E-state index in [2.05, 4.69) is 11.6 Å². The molecule has 98 valence electrons. The summed E-state index contributed by atoms with van der Waals surface area (Å²) in [5.74, 6) is -0.877. The van der Waals surface area contributed by atoms with Crippen molar-refractivity contribution >= 4 is 22.4 Å². The molecule has 0 bridgehead atoms. The van der Waals surface area contributed by atoms with E-state index in [0.717, 1.165) is 11.3 Å². The minimum Gasteiger partial charge on any atom is -0.480 e. The lowest BCUT2D eigenvalue weighted by Gasteiger charge is -2.16. The Balaban J connectivity index is 2.23. The van der Waals surface area contributed by atoms with Crippen molar-refractivity contribution in [2.75, 3.05) is 18.0 Å². The highest BCUT2D eigenvalue weighted by molar-refractivity contribution is 7.14. The smallest absolute Gasteiger partial charge is 0.323 e. The Morgan fingerprint density at radius 2 is 2.16 bits per heavy atom. The van der Waals surface area contributed by atoms with Crippen LogP contribution in [0.15, 0.2) is 48.4 Å². The van der Waals surface area contributed by atoms with Crippen molar-refractivity contribution in [3.8, 4) is 11.3 Å². The van der Waals surface area contributed by atoms with Crippen LogP contribution in [0.3, 0.4) is 0 Å². The van der Waals surface area contributed by atoms with Gasteiger partial charge in [0.2, 0.25) is 0 Å². The normalized spacial score (nSPS) is 10.1. The molecule has 0 aliphatic carbocycles. The number of nitrogens with zero attached hydrogens (tertiary/aromatic N) is 2. The molecule has 1 heterocycles. The first-order chi connectivity index (χ1) is 9.20. The minimum atomic E-state index is -0.877. The molecule has 0 aliphatic heterocycles. The van der Waals surface area contributed by atoms with Crippen LogP contribution in [0, 0.1) is 0 Å². The van der Waals surface area contributed by atoms with E-state index in [-0.39, 0.29) is 6.54 Å². The van der Waals surface area contributed by atoms with Gasteiger partial charge in [-0.2, -0.15) is 0 Å². The molecule has 0 saturated heterocycles. The van der Waals surface area contributed by atoms with Crippen molar-refractivity contribution in [2.24, 2.45) is 0 Å². The minimum absolute atomic E-state index is 0.0756. The van der Waals surface area contributed by atoms with Crippen molar-refractivity contribution in [3.05, 3.63) is 48.4 Å². The van der Waals surface area contributed by atoms with Gasteiger partial charge in [-0.15, -0.1) is 17.9 Å². The fourth-order valence-corrected chi connectivity index (χ4v) is 2.53. The van der Waals surface area contributed by atoms with E-state index >= 15 is 0 Å². The first kappa shape index (κ1) is 13.3. The predicted octanol–water partition coefficient (Wildman–Crippen LogP) is 2.89. The molecular weight excluding hydrogens is 260 g/mol. The van der Waals surface area contributed by atoms with Gasteiger partial charge in [0.05, 0.1) is 5.69 Å². The van der Waals surface area contributed by atoms with Crippen LogP contribution in [0.1, 0.15) is 0 Å². The summed E-state index contributed by atoms with van der Waals surface area (Å²) in [6, 6.07) is 9.81. The molecule has 0 atom stereocenters. The van der Waals surface area contributed by atoms with Crippen molar-refractivity contribution < 1.29 is 9.90 Å². The van der Waals surface area contributed by atoms with Gasteiger partial charge in [-0.3, -0.25) is 4.79 Å². The van der Waals surface area contributed by atoms with E-state index in [9.17, 15) is 4.79 Å². The molecule has 5 heteroatoms. The lowest BCUT2D eigenvalue weighted by molar-refractivity contribution is -0.135. The van der Waals surface area contributed by atoms with Gasteiger partial charge in [0, 0.05) is 17.5 Å². The molecule has 0 saturated carbocycles. The Morgan fingerprint density at radius 3 is 2.79 bits per heavy atom. The maximum Gasteiger partial charge on any atom is 0.323 e. The van der Waals surface area contributed by atoms with E-state index in [4.69, 9.17) is 5.11 Å². The topological polar surface area (TPSA) is 53.4 Å². The number of carboxylic acid groups (broad SMARTS) is 1. The standard InChI is InChI=1S/C14H14N2O2S/c1-2-8-16(9-13(17)18)14-15-12(10-19-14)11-6-4-3-5-7-11/h2-7,10H,1,8-9H2,(H,17,18). The molecule has 2 aromatic rings. The van der Waals surface area contributed by atoms with Gasteiger partial charge in [-0.1, -0.05) is 36.4 Å². The Morgan fingerprint density at radius 1 is 1.42 bits per heavy atom. The summed E-state index contributed by atoms with van der Waals surface area (Å²) in [5.41, 5.74) is 1.89. The summed E-state index contributed by atoms with van der Waals surface area (Å²) in [6.45, 7) is 4.03. The molecule has 0 unspecified atom stereocenters. The van der Waals surface area contributed by atoms with Gasteiger partial charge < -0.3 is 10.0 Å². The van der Waals surface area contributed by atoms with Crippen LogP contribution < -0.4 is 4.90 Å². The lowest BCUT2D eigenvalue weighted by atomic mass is 10.2. The summed E-state index contributed by atoms with van der Waals surface area (Å²) >= 11 is 1.44. The molecule has 0 radical (unpaired) electrons. The number of aromatic nitrogens is 1. The van der Waals surface area contributed by atoms with Crippen LogP contribution in [0.25, 0.3) is 11.3 Å². The number of anilines is 1. The van der Waals surface area contributed by atoms with Crippen molar-refractivity contribution in [3.63, 3.8) is 0 Å². The van der Waals surface area contributed by atoms with Crippen LogP contribution in [0.2, 0.25) is 0 Å². The molecule has 1 aromatic heterocycles. The quantitative estimate of drug-likeness (QED) is 0.823. The molecule has 2 rings (SSSR count). The molecule has 4 nitrogen and oxygen atoms in total. The Bertz CT molecular complexity index is 566. The third-order valence-corrected chi connectivity index (χ3v) is 3.41. The van der Waals surface area contributed by atoms with Crippen LogP contribution in [-0.4, -0.2) is 29.1 Å². The fraction of sp³-hybridized carbons (Fsp3) is 0.143. The Kier molecular flexibility index (Phi) is 4.30. The highest BCUT2D eigenvalue weighted by Gasteiger charge is 2.13. The third kappa shape index (κ3) is 3.42. The third-order valence-electron chi connectivity index (χ3n) is 2.51. The monoisotopic (exact) mass is 274 g/mol. The zero-order chi connectivity index (χ0) is 13.7. The second kappa shape index (κ2) is 6.15.